The molecular formula is C12H10BrN3O. The first-order valence-corrected chi connectivity index (χ1v) is 5.73. The number of anilines is 2. The van der Waals surface area contributed by atoms with Gasteiger partial charge in [-0.25, -0.2) is 0 Å². The summed E-state index contributed by atoms with van der Waals surface area (Å²) in [6.07, 6.45) is 3.22. The Morgan fingerprint density at radius 3 is 2.82 bits per heavy atom. The van der Waals surface area contributed by atoms with Crippen molar-refractivity contribution < 1.29 is 4.79 Å². The van der Waals surface area contributed by atoms with E-state index in [4.69, 9.17) is 5.73 Å². The molecule has 4 nitrogen and oxygen atoms in total. The van der Waals surface area contributed by atoms with E-state index in [1.165, 1.54) is 0 Å². The molecule has 0 aliphatic heterocycles. The Morgan fingerprint density at radius 2 is 2.12 bits per heavy atom. The summed E-state index contributed by atoms with van der Waals surface area (Å²) < 4.78 is 0.705. The third-order valence-corrected chi connectivity index (χ3v) is 2.91. The fraction of sp³-hybridized carbons (Fsp3) is 0. The van der Waals surface area contributed by atoms with Crippen molar-refractivity contribution in [2.75, 3.05) is 11.1 Å². The minimum absolute atomic E-state index is 0.253. The van der Waals surface area contributed by atoms with E-state index in [1.54, 1.807) is 42.7 Å². The molecule has 0 bridgehead atoms. The molecule has 86 valence electrons. The largest absolute Gasteiger partial charge is 0.397 e. The van der Waals surface area contributed by atoms with Crippen LogP contribution in [0.3, 0.4) is 0 Å². The highest BCUT2D eigenvalue weighted by molar-refractivity contribution is 9.10. The van der Waals surface area contributed by atoms with E-state index in [0.717, 1.165) is 0 Å². The molecule has 0 radical (unpaired) electrons. The summed E-state index contributed by atoms with van der Waals surface area (Å²) in [6.45, 7) is 0. The molecule has 1 aromatic carbocycles. The number of nitrogens with two attached hydrogens (primary N) is 1. The predicted molar refractivity (Wildman–Crippen MR) is 70.7 cm³/mol. The third kappa shape index (κ3) is 2.62. The number of para-hydroxylation sites is 1. The van der Waals surface area contributed by atoms with Crippen LogP contribution in [0.4, 0.5) is 11.4 Å². The van der Waals surface area contributed by atoms with Gasteiger partial charge in [0.1, 0.15) is 0 Å². The van der Waals surface area contributed by atoms with E-state index < -0.39 is 0 Å². The van der Waals surface area contributed by atoms with Gasteiger partial charge < -0.3 is 11.1 Å². The number of benzene rings is 1. The van der Waals surface area contributed by atoms with Crippen LogP contribution >= 0.6 is 15.9 Å². The summed E-state index contributed by atoms with van der Waals surface area (Å²) in [4.78, 5) is 15.9. The number of halogens is 1. The molecule has 0 saturated heterocycles. The quantitative estimate of drug-likeness (QED) is 0.836. The van der Waals surface area contributed by atoms with E-state index in [9.17, 15) is 4.79 Å². The lowest BCUT2D eigenvalue weighted by molar-refractivity contribution is 0.102. The summed E-state index contributed by atoms with van der Waals surface area (Å²) in [6, 6.07) is 8.74. The molecule has 0 spiro atoms. The second kappa shape index (κ2) is 4.97. The van der Waals surface area contributed by atoms with Crippen LogP contribution in [0.5, 0.6) is 0 Å². The number of carbonyl (C=O) groups excluding carboxylic acids is 1. The first kappa shape index (κ1) is 11.6. The molecule has 17 heavy (non-hydrogen) atoms. The standard InChI is InChI=1S/C12H10BrN3O/c13-10-5-1-4-9(11(10)14)12(17)16-8-3-2-6-15-7-8/h1-7H,14H2,(H,16,17). The Labute approximate surface area is 107 Å². The Bertz CT molecular complexity index is 543. The van der Waals surface area contributed by atoms with Crippen LogP contribution in [0, 0.1) is 0 Å². The summed E-state index contributed by atoms with van der Waals surface area (Å²) in [7, 11) is 0. The number of aromatic nitrogens is 1. The first-order valence-electron chi connectivity index (χ1n) is 4.94. The minimum Gasteiger partial charge on any atom is -0.397 e. The van der Waals surface area contributed by atoms with Crippen molar-refractivity contribution in [3.05, 3.63) is 52.8 Å². The molecule has 0 aliphatic rings. The molecule has 0 aliphatic carbocycles. The summed E-state index contributed by atoms with van der Waals surface area (Å²) in [5.74, 6) is -0.253. The smallest absolute Gasteiger partial charge is 0.257 e. The van der Waals surface area contributed by atoms with Crippen molar-refractivity contribution in [1.82, 2.24) is 4.98 Å². The van der Waals surface area contributed by atoms with Crippen molar-refractivity contribution in [1.29, 1.82) is 0 Å². The number of hydrogen-bond acceptors (Lipinski definition) is 3. The van der Waals surface area contributed by atoms with Gasteiger partial charge in [0.15, 0.2) is 0 Å². The molecule has 0 unspecified atom stereocenters. The second-order valence-electron chi connectivity index (χ2n) is 3.40. The van der Waals surface area contributed by atoms with Crippen molar-refractivity contribution in [2.24, 2.45) is 0 Å². The van der Waals surface area contributed by atoms with Gasteiger partial charge in [-0.1, -0.05) is 6.07 Å². The number of rotatable bonds is 2. The zero-order chi connectivity index (χ0) is 12.3. The van der Waals surface area contributed by atoms with Crippen molar-refractivity contribution in [3.8, 4) is 0 Å². The lowest BCUT2D eigenvalue weighted by atomic mass is 10.1. The van der Waals surface area contributed by atoms with E-state index in [2.05, 4.69) is 26.2 Å². The topological polar surface area (TPSA) is 68.0 Å². The van der Waals surface area contributed by atoms with Crippen LogP contribution in [-0.4, -0.2) is 10.9 Å². The molecule has 5 heteroatoms. The number of nitrogens with zero attached hydrogens (tertiary/aromatic N) is 1. The lowest BCUT2D eigenvalue weighted by Gasteiger charge is -2.08. The minimum atomic E-state index is -0.253. The number of nitrogens with one attached hydrogen (secondary N) is 1. The van der Waals surface area contributed by atoms with Crippen LogP contribution in [0.2, 0.25) is 0 Å². The maximum Gasteiger partial charge on any atom is 0.257 e. The molecule has 1 heterocycles. The number of nitrogen functional groups attached to an aromatic ring is 1. The maximum atomic E-state index is 11.9. The van der Waals surface area contributed by atoms with Gasteiger partial charge in [-0.2, -0.15) is 0 Å². The highest BCUT2D eigenvalue weighted by Gasteiger charge is 2.11. The van der Waals surface area contributed by atoms with E-state index >= 15 is 0 Å². The van der Waals surface area contributed by atoms with Crippen molar-refractivity contribution in [3.63, 3.8) is 0 Å². The summed E-state index contributed by atoms with van der Waals surface area (Å²) in [5.41, 5.74) is 7.31. The number of pyridine rings is 1. The first-order chi connectivity index (χ1) is 8.18. The Hall–Kier alpha value is -1.88. The molecule has 2 rings (SSSR count). The molecule has 0 saturated carbocycles. The summed E-state index contributed by atoms with van der Waals surface area (Å²) >= 11 is 3.28. The van der Waals surface area contributed by atoms with Gasteiger partial charge in [0.2, 0.25) is 0 Å². The molecule has 1 amide bonds. The monoisotopic (exact) mass is 291 g/mol. The maximum absolute atomic E-state index is 11.9. The number of carbonyl (C=O) groups is 1. The lowest BCUT2D eigenvalue weighted by Crippen LogP contribution is -2.14. The van der Waals surface area contributed by atoms with Gasteiger partial charge in [-0.05, 0) is 40.2 Å². The second-order valence-corrected chi connectivity index (χ2v) is 4.25. The summed E-state index contributed by atoms with van der Waals surface area (Å²) in [5, 5.41) is 2.72. The van der Waals surface area contributed by atoms with Crippen LogP contribution in [0.25, 0.3) is 0 Å². The SMILES string of the molecule is Nc1c(Br)cccc1C(=O)Nc1cccnc1. The van der Waals surface area contributed by atoms with Crippen LogP contribution in [0.15, 0.2) is 47.2 Å². The van der Waals surface area contributed by atoms with Gasteiger partial charge in [0.05, 0.1) is 23.1 Å². The predicted octanol–water partition coefficient (Wildman–Crippen LogP) is 2.68. The highest BCUT2D eigenvalue weighted by atomic mass is 79.9. The number of hydrogen-bond donors (Lipinski definition) is 2. The third-order valence-electron chi connectivity index (χ3n) is 2.22. The van der Waals surface area contributed by atoms with E-state index in [1.807, 2.05) is 0 Å². The zero-order valence-electron chi connectivity index (χ0n) is 8.85. The van der Waals surface area contributed by atoms with Crippen molar-refractivity contribution in [2.45, 2.75) is 0 Å². The van der Waals surface area contributed by atoms with E-state index in [0.29, 0.717) is 21.4 Å². The normalized spacial score (nSPS) is 9.94. The van der Waals surface area contributed by atoms with Crippen LogP contribution in [0.1, 0.15) is 10.4 Å². The van der Waals surface area contributed by atoms with Crippen LogP contribution in [-0.2, 0) is 0 Å². The van der Waals surface area contributed by atoms with Gasteiger partial charge in [-0.15, -0.1) is 0 Å². The Morgan fingerprint density at radius 1 is 1.29 bits per heavy atom. The van der Waals surface area contributed by atoms with Gasteiger partial charge in [-0.3, -0.25) is 9.78 Å². The molecule has 3 N–H and O–H groups in total. The fourth-order valence-electron chi connectivity index (χ4n) is 1.37. The molecule has 1 aromatic heterocycles. The Balaban J connectivity index is 2.24. The molecule has 0 atom stereocenters. The Kier molecular flexibility index (Phi) is 3.39. The average molecular weight is 292 g/mol. The van der Waals surface area contributed by atoms with Gasteiger partial charge >= 0.3 is 0 Å². The number of amides is 1. The molecule has 2 aromatic rings. The van der Waals surface area contributed by atoms with Crippen molar-refractivity contribution >= 4 is 33.2 Å². The van der Waals surface area contributed by atoms with Gasteiger partial charge in [0.25, 0.3) is 5.91 Å². The molecular weight excluding hydrogens is 282 g/mol. The molecule has 0 fully saturated rings. The van der Waals surface area contributed by atoms with Gasteiger partial charge in [0, 0.05) is 10.7 Å². The van der Waals surface area contributed by atoms with Crippen LogP contribution < -0.4 is 11.1 Å². The average Bonchev–Trinajstić information content (AvgIpc) is 2.34. The zero-order valence-corrected chi connectivity index (χ0v) is 10.4. The fourth-order valence-corrected chi connectivity index (χ4v) is 1.74. The highest BCUT2D eigenvalue weighted by Crippen LogP contribution is 2.23. The van der Waals surface area contributed by atoms with E-state index in [-0.39, 0.29) is 5.91 Å².